The molecule has 0 fully saturated rings. The van der Waals surface area contributed by atoms with E-state index in [2.05, 4.69) is 32.9 Å². The van der Waals surface area contributed by atoms with Crippen molar-refractivity contribution in [2.75, 3.05) is 7.11 Å². The van der Waals surface area contributed by atoms with Crippen LogP contribution in [0.25, 0.3) is 0 Å². The minimum Gasteiger partial charge on any atom is -0.277 e. The highest BCUT2D eigenvalue weighted by Crippen LogP contribution is 2.16. The Labute approximate surface area is 90.6 Å². The van der Waals surface area contributed by atoms with Gasteiger partial charge in [-0.1, -0.05) is 12.1 Å². The Kier molecular flexibility index (Phi) is 3.68. The van der Waals surface area contributed by atoms with Crippen molar-refractivity contribution >= 4 is 28.5 Å². The lowest BCUT2D eigenvalue weighted by Gasteiger charge is -2.05. The molecule has 0 heterocycles. The number of hydrogen-bond acceptors (Lipinski definition) is 2. The van der Waals surface area contributed by atoms with Gasteiger partial charge in [-0.05, 0) is 41.1 Å². The third-order valence-electron chi connectivity index (χ3n) is 1.63. The summed E-state index contributed by atoms with van der Waals surface area (Å²) in [7, 11) is 1.42. The van der Waals surface area contributed by atoms with E-state index in [1.165, 1.54) is 7.11 Å². The van der Waals surface area contributed by atoms with Gasteiger partial charge >= 0.3 is 0 Å². The molecule has 0 bridgehead atoms. The molecule has 0 aliphatic rings. The maximum atomic E-state index is 11.4. The first kappa shape index (κ1) is 10.5. The first-order valence-electron chi connectivity index (χ1n) is 3.75. The molecule has 0 aliphatic heterocycles. The van der Waals surface area contributed by atoms with Crippen molar-refractivity contribution < 1.29 is 9.63 Å². The van der Waals surface area contributed by atoms with Gasteiger partial charge in [0.15, 0.2) is 0 Å². The Hall–Kier alpha value is -0.620. The maximum Gasteiger partial charge on any atom is 0.275 e. The van der Waals surface area contributed by atoms with Gasteiger partial charge < -0.3 is 0 Å². The SMILES string of the molecule is CONC(=O)c1cccc(C)c1I. The minimum atomic E-state index is -0.212. The van der Waals surface area contributed by atoms with Crippen LogP contribution in [-0.4, -0.2) is 13.0 Å². The first-order valence-corrected chi connectivity index (χ1v) is 4.83. The molecule has 1 rings (SSSR count). The number of nitrogens with one attached hydrogen (secondary N) is 1. The lowest BCUT2D eigenvalue weighted by Crippen LogP contribution is -2.22. The number of halogens is 1. The predicted molar refractivity (Wildman–Crippen MR) is 58.4 cm³/mol. The second-order valence-electron chi connectivity index (χ2n) is 2.57. The van der Waals surface area contributed by atoms with E-state index in [1.807, 2.05) is 19.1 Å². The van der Waals surface area contributed by atoms with Crippen LogP contribution in [0.1, 0.15) is 15.9 Å². The van der Waals surface area contributed by atoms with Gasteiger partial charge in [0.25, 0.3) is 5.91 Å². The monoisotopic (exact) mass is 291 g/mol. The molecule has 0 atom stereocenters. The number of rotatable bonds is 2. The maximum absolute atomic E-state index is 11.4. The normalized spacial score (nSPS) is 9.77. The summed E-state index contributed by atoms with van der Waals surface area (Å²) in [5.74, 6) is -0.212. The molecule has 1 amide bonds. The van der Waals surface area contributed by atoms with Gasteiger partial charge in [-0.3, -0.25) is 9.63 Å². The fourth-order valence-corrected chi connectivity index (χ4v) is 1.57. The van der Waals surface area contributed by atoms with Gasteiger partial charge in [-0.2, -0.15) is 0 Å². The van der Waals surface area contributed by atoms with Crippen LogP contribution in [-0.2, 0) is 4.84 Å². The Morgan fingerprint density at radius 1 is 1.54 bits per heavy atom. The van der Waals surface area contributed by atoms with Crippen molar-refractivity contribution in [3.8, 4) is 0 Å². The highest BCUT2D eigenvalue weighted by molar-refractivity contribution is 14.1. The number of hydroxylamine groups is 1. The molecule has 1 aromatic rings. The fraction of sp³-hybridized carbons (Fsp3) is 0.222. The van der Waals surface area contributed by atoms with Crippen LogP contribution in [0.2, 0.25) is 0 Å². The zero-order valence-electron chi connectivity index (χ0n) is 7.43. The Morgan fingerprint density at radius 3 is 2.85 bits per heavy atom. The highest BCUT2D eigenvalue weighted by atomic mass is 127. The molecular weight excluding hydrogens is 281 g/mol. The summed E-state index contributed by atoms with van der Waals surface area (Å²) in [5.41, 5.74) is 4.01. The zero-order valence-corrected chi connectivity index (χ0v) is 9.58. The molecule has 0 aromatic heterocycles. The molecule has 1 aromatic carbocycles. The van der Waals surface area contributed by atoms with Crippen LogP contribution in [0.3, 0.4) is 0 Å². The number of benzene rings is 1. The first-order chi connectivity index (χ1) is 6.16. The van der Waals surface area contributed by atoms with Gasteiger partial charge in [-0.15, -0.1) is 0 Å². The number of carbonyl (C=O) groups is 1. The average Bonchev–Trinajstić information content (AvgIpc) is 2.10. The van der Waals surface area contributed by atoms with E-state index in [9.17, 15) is 4.79 Å². The summed E-state index contributed by atoms with van der Waals surface area (Å²) >= 11 is 2.14. The molecule has 70 valence electrons. The van der Waals surface area contributed by atoms with Gasteiger partial charge in [0.1, 0.15) is 0 Å². The number of carbonyl (C=O) groups excluding carboxylic acids is 1. The summed E-state index contributed by atoms with van der Waals surface area (Å²) in [6, 6.07) is 5.58. The van der Waals surface area contributed by atoms with E-state index < -0.39 is 0 Å². The van der Waals surface area contributed by atoms with E-state index in [1.54, 1.807) is 6.07 Å². The smallest absolute Gasteiger partial charge is 0.275 e. The van der Waals surface area contributed by atoms with Crippen LogP contribution >= 0.6 is 22.6 Å². The summed E-state index contributed by atoms with van der Waals surface area (Å²) in [6.45, 7) is 1.96. The van der Waals surface area contributed by atoms with Crippen molar-refractivity contribution in [3.05, 3.63) is 32.9 Å². The summed E-state index contributed by atoms with van der Waals surface area (Å²) in [4.78, 5) is 15.9. The molecule has 0 aliphatic carbocycles. The van der Waals surface area contributed by atoms with Crippen molar-refractivity contribution in [2.45, 2.75) is 6.92 Å². The van der Waals surface area contributed by atoms with E-state index in [4.69, 9.17) is 0 Å². The van der Waals surface area contributed by atoms with E-state index in [0.717, 1.165) is 9.13 Å². The molecule has 0 unspecified atom stereocenters. The Bertz CT molecular complexity index is 325. The van der Waals surface area contributed by atoms with Gasteiger partial charge in [0, 0.05) is 3.57 Å². The van der Waals surface area contributed by atoms with Crippen molar-refractivity contribution in [1.82, 2.24) is 5.48 Å². The quantitative estimate of drug-likeness (QED) is 0.667. The van der Waals surface area contributed by atoms with Crippen molar-refractivity contribution in [1.29, 1.82) is 0 Å². The second kappa shape index (κ2) is 4.57. The third kappa shape index (κ3) is 2.41. The summed E-state index contributed by atoms with van der Waals surface area (Å²) in [5, 5.41) is 0. The van der Waals surface area contributed by atoms with Gasteiger partial charge in [-0.25, -0.2) is 5.48 Å². The van der Waals surface area contributed by atoms with Crippen LogP contribution in [0.15, 0.2) is 18.2 Å². The van der Waals surface area contributed by atoms with Gasteiger partial charge in [0.2, 0.25) is 0 Å². The molecule has 0 radical (unpaired) electrons. The van der Waals surface area contributed by atoms with Crippen molar-refractivity contribution in [3.63, 3.8) is 0 Å². The molecular formula is C9H10INO2. The molecule has 0 saturated heterocycles. The Morgan fingerprint density at radius 2 is 2.23 bits per heavy atom. The fourth-order valence-electron chi connectivity index (χ4n) is 0.970. The van der Waals surface area contributed by atoms with Gasteiger partial charge in [0.05, 0.1) is 12.7 Å². The highest BCUT2D eigenvalue weighted by Gasteiger charge is 2.09. The molecule has 3 nitrogen and oxygen atoms in total. The molecule has 0 spiro atoms. The number of hydrogen-bond donors (Lipinski definition) is 1. The van der Waals surface area contributed by atoms with E-state index >= 15 is 0 Å². The molecule has 0 saturated carbocycles. The van der Waals surface area contributed by atoms with E-state index in [-0.39, 0.29) is 5.91 Å². The Balaban J connectivity index is 3.01. The summed E-state index contributed by atoms with van der Waals surface area (Å²) < 4.78 is 0.953. The summed E-state index contributed by atoms with van der Waals surface area (Å²) in [6.07, 6.45) is 0. The second-order valence-corrected chi connectivity index (χ2v) is 3.65. The lowest BCUT2D eigenvalue weighted by molar-refractivity contribution is 0.0536. The number of aryl methyl sites for hydroxylation is 1. The third-order valence-corrected chi connectivity index (χ3v) is 3.06. The van der Waals surface area contributed by atoms with Crippen LogP contribution in [0, 0.1) is 10.5 Å². The van der Waals surface area contributed by atoms with Crippen LogP contribution in [0.5, 0.6) is 0 Å². The lowest BCUT2D eigenvalue weighted by atomic mass is 10.1. The molecule has 1 N–H and O–H groups in total. The predicted octanol–water partition coefficient (Wildman–Crippen LogP) is 1.89. The van der Waals surface area contributed by atoms with Crippen LogP contribution in [0.4, 0.5) is 0 Å². The van der Waals surface area contributed by atoms with Crippen molar-refractivity contribution in [2.24, 2.45) is 0 Å². The largest absolute Gasteiger partial charge is 0.277 e. The number of amides is 1. The molecule has 4 heteroatoms. The van der Waals surface area contributed by atoms with Crippen LogP contribution < -0.4 is 5.48 Å². The zero-order chi connectivity index (χ0) is 9.84. The average molecular weight is 291 g/mol. The molecule has 13 heavy (non-hydrogen) atoms. The minimum absolute atomic E-state index is 0.212. The van der Waals surface area contributed by atoms with E-state index in [0.29, 0.717) is 5.56 Å². The standard InChI is InChI=1S/C9H10INO2/c1-6-4-3-5-7(8(6)10)9(12)11-13-2/h3-5H,1-2H3,(H,11,12). The topological polar surface area (TPSA) is 38.3 Å².